The van der Waals surface area contributed by atoms with Crippen LogP contribution in [0.25, 0.3) is 5.69 Å². The number of aromatic nitrogens is 2. The number of hydrogen-bond acceptors (Lipinski definition) is 4. The summed E-state index contributed by atoms with van der Waals surface area (Å²) in [4.78, 5) is 14.5. The molecule has 1 fully saturated rings. The number of sulfone groups is 1. The molecule has 1 unspecified atom stereocenters. The first-order valence-electron chi connectivity index (χ1n) is 8.46. The Labute approximate surface area is 148 Å². The van der Waals surface area contributed by atoms with Crippen LogP contribution < -0.4 is 0 Å². The van der Waals surface area contributed by atoms with Gasteiger partial charge in [0.25, 0.3) is 5.91 Å². The lowest BCUT2D eigenvalue weighted by atomic mass is 10.1. The zero-order valence-electron chi connectivity index (χ0n) is 14.8. The summed E-state index contributed by atoms with van der Waals surface area (Å²) >= 11 is 0. The Morgan fingerprint density at radius 1 is 1.28 bits per heavy atom. The van der Waals surface area contributed by atoms with Crippen molar-refractivity contribution in [3.8, 4) is 5.69 Å². The number of benzene rings is 1. The van der Waals surface area contributed by atoms with Crippen molar-refractivity contribution in [3.05, 3.63) is 47.3 Å². The summed E-state index contributed by atoms with van der Waals surface area (Å²) in [6.07, 6.45) is 0.520. The summed E-state index contributed by atoms with van der Waals surface area (Å²) in [5, 5.41) is 4.44. The number of aryl methyl sites for hydroxylation is 2. The van der Waals surface area contributed by atoms with Crippen LogP contribution in [-0.2, 0) is 9.84 Å². The molecular weight excluding hydrogens is 338 g/mol. The fraction of sp³-hybridized carbons (Fsp3) is 0.444. The minimum atomic E-state index is -3.02. The highest BCUT2D eigenvalue weighted by molar-refractivity contribution is 7.91. The molecule has 0 saturated carbocycles. The van der Waals surface area contributed by atoms with Gasteiger partial charge in [-0.1, -0.05) is 0 Å². The van der Waals surface area contributed by atoms with Gasteiger partial charge in [-0.3, -0.25) is 4.79 Å². The molecule has 1 atom stereocenters. The van der Waals surface area contributed by atoms with Crippen molar-refractivity contribution in [1.82, 2.24) is 14.7 Å². The van der Waals surface area contributed by atoms with Crippen LogP contribution in [0, 0.1) is 13.8 Å². The highest BCUT2D eigenvalue weighted by Gasteiger charge is 2.34. The average molecular weight is 361 g/mol. The van der Waals surface area contributed by atoms with Gasteiger partial charge < -0.3 is 4.90 Å². The van der Waals surface area contributed by atoms with Gasteiger partial charge in [0.05, 0.1) is 22.9 Å². The number of carbonyl (C=O) groups excluding carboxylic acids is 1. The number of nitrogens with zero attached hydrogens (tertiary/aromatic N) is 3. The van der Waals surface area contributed by atoms with Crippen molar-refractivity contribution in [3.63, 3.8) is 0 Å². The topological polar surface area (TPSA) is 72.3 Å². The molecule has 6 nitrogen and oxygen atoms in total. The van der Waals surface area contributed by atoms with Crippen molar-refractivity contribution >= 4 is 15.7 Å². The number of rotatable bonds is 4. The molecule has 134 valence electrons. The number of hydrogen-bond donors (Lipinski definition) is 0. The van der Waals surface area contributed by atoms with Crippen LogP contribution in [0.3, 0.4) is 0 Å². The molecule has 0 N–H and O–H groups in total. The first kappa shape index (κ1) is 17.7. The van der Waals surface area contributed by atoms with Gasteiger partial charge in [0.2, 0.25) is 0 Å². The predicted molar refractivity (Wildman–Crippen MR) is 96.8 cm³/mol. The van der Waals surface area contributed by atoms with Gasteiger partial charge >= 0.3 is 0 Å². The molecule has 0 radical (unpaired) electrons. The third kappa shape index (κ3) is 3.61. The lowest BCUT2D eigenvalue weighted by Crippen LogP contribution is -2.40. The van der Waals surface area contributed by atoms with E-state index in [0.717, 1.165) is 17.1 Å². The maximum absolute atomic E-state index is 12.8. The summed E-state index contributed by atoms with van der Waals surface area (Å²) in [5.41, 5.74) is 3.44. The molecule has 2 aromatic rings. The molecule has 1 saturated heterocycles. The minimum absolute atomic E-state index is 0.0659. The second kappa shape index (κ2) is 6.63. The summed E-state index contributed by atoms with van der Waals surface area (Å²) in [6, 6.07) is 9.06. The van der Waals surface area contributed by atoms with Crippen molar-refractivity contribution < 1.29 is 13.2 Å². The van der Waals surface area contributed by atoms with Crippen molar-refractivity contribution in [2.24, 2.45) is 0 Å². The van der Waals surface area contributed by atoms with E-state index in [9.17, 15) is 13.2 Å². The Morgan fingerprint density at radius 2 is 1.96 bits per heavy atom. The van der Waals surface area contributed by atoms with Crippen LogP contribution in [0.4, 0.5) is 0 Å². The smallest absolute Gasteiger partial charge is 0.254 e. The van der Waals surface area contributed by atoms with Crippen LogP contribution in [-0.4, -0.2) is 53.1 Å². The molecule has 7 heteroatoms. The van der Waals surface area contributed by atoms with E-state index in [2.05, 4.69) is 5.10 Å². The van der Waals surface area contributed by atoms with Crippen molar-refractivity contribution in [2.75, 3.05) is 18.1 Å². The molecule has 1 aliphatic heterocycles. The molecule has 1 aromatic carbocycles. The van der Waals surface area contributed by atoms with E-state index in [1.54, 1.807) is 17.0 Å². The fourth-order valence-corrected chi connectivity index (χ4v) is 5.12. The largest absolute Gasteiger partial charge is 0.335 e. The van der Waals surface area contributed by atoms with Crippen molar-refractivity contribution in [2.45, 2.75) is 33.2 Å². The second-order valence-electron chi connectivity index (χ2n) is 6.53. The summed E-state index contributed by atoms with van der Waals surface area (Å²) in [5.74, 6) is 0.110. The molecular formula is C18H23N3O3S. The van der Waals surface area contributed by atoms with Gasteiger partial charge in [-0.2, -0.15) is 5.10 Å². The van der Waals surface area contributed by atoms with Gasteiger partial charge in [0.15, 0.2) is 9.84 Å². The summed E-state index contributed by atoms with van der Waals surface area (Å²) < 4.78 is 25.3. The van der Waals surface area contributed by atoms with Gasteiger partial charge in [-0.05, 0) is 57.5 Å². The van der Waals surface area contributed by atoms with E-state index < -0.39 is 9.84 Å². The normalized spacial score (nSPS) is 19.1. The number of carbonyl (C=O) groups is 1. The average Bonchev–Trinajstić information content (AvgIpc) is 3.09. The predicted octanol–water partition coefficient (Wildman–Crippen LogP) is 2.14. The Hall–Kier alpha value is -2.15. The zero-order chi connectivity index (χ0) is 18.2. The van der Waals surface area contributed by atoms with Crippen LogP contribution >= 0.6 is 0 Å². The van der Waals surface area contributed by atoms with Crippen LogP contribution in [0.2, 0.25) is 0 Å². The van der Waals surface area contributed by atoms with Crippen molar-refractivity contribution in [1.29, 1.82) is 0 Å². The first-order valence-corrected chi connectivity index (χ1v) is 10.3. The molecule has 0 spiro atoms. The quantitative estimate of drug-likeness (QED) is 0.836. The van der Waals surface area contributed by atoms with Gasteiger partial charge in [-0.15, -0.1) is 0 Å². The Morgan fingerprint density at radius 3 is 2.44 bits per heavy atom. The Bertz CT molecular complexity index is 885. The van der Waals surface area contributed by atoms with E-state index in [-0.39, 0.29) is 23.5 Å². The Balaban J connectivity index is 1.81. The fourth-order valence-electron chi connectivity index (χ4n) is 3.39. The van der Waals surface area contributed by atoms with Crippen LogP contribution in [0.15, 0.2) is 30.3 Å². The number of amides is 1. The third-order valence-electron chi connectivity index (χ3n) is 4.62. The highest BCUT2D eigenvalue weighted by atomic mass is 32.2. The lowest BCUT2D eigenvalue weighted by molar-refractivity contribution is 0.0708. The first-order chi connectivity index (χ1) is 11.8. The Kier molecular flexibility index (Phi) is 4.69. The third-order valence-corrected chi connectivity index (χ3v) is 6.37. The van der Waals surface area contributed by atoms with Gasteiger partial charge in [0, 0.05) is 23.8 Å². The van der Waals surface area contributed by atoms with E-state index in [1.807, 2.05) is 43.7 Å². The molecule has 2 heterocycles. The van der Waals surface area contributed by atoms with Gasteiger partial charge in [0.1, 0.15) is 0 Å². The SMILES string of the molecule is CCN(C(=O)c1ccc(-n2nc(C)cc2C)cc1)C1CCS(=O)(=O)C1. The standard InChI is InChI=1S/C18H23N3O3S/c1-4-20(17-9-10-25(23,24)12-17)18(22)15-5-7-16(8-6-15)21-14(3)11-13(2)19-21/h5-8,11,17H,4,9-10,12H2,1-3H3. The maximum Gasteiger partial charge on any atom is 0.254 e. The summed E-state index contributed by atoms with van der Waals surface area (Å²) in [7, 11) is -3.02. The molecule has 0 bridgehead atoms. The van der Waals surface area contributed by atoms with Crippen LogP contribution in [0.1, 0.15) is 35.1 Å². The molecule has 1 aliphatic rings. The molecule has 3 rings (SSSR count). The van der Waals surface area contributed by atoms with E-state index in [4.69, 9.17) is 0 Å². The zero-order valence-corrected chi connectivity index (χ0v) is 15.6. The summed E-state index contributed by atoms with van der Waals surface area (Å²) in [6.45, 7) is 6.31. The van der Waals surface area contributed by atoms with E-state index >= 15 is 0 Å². The van der Waals surface area contributed by atoms with E-state index in [1.165, 1.54) is 0 Å². The van der Waals surface area contributed by atoms with Gasteiger partial charge in [-0.25, -0.2) is 13.1 Å². The molecule has 1 aromatic heterocycles. The minimum Gasteiger partial charge on any atom is -0.335 e. The van der Waals surface area contributed by atoms with Crippen LogP contribution in [0.5, 0.6) is 0 Å². The monoisotopic (exact) mass is 361 g/mol. The second-order valence-corrected chi connectivity index (χ2v) is 8.76. The highest BCUT2D eigenvalue weighted by Crippen LogP contribution is 2.21. The molecule has 25 heavy (non-hydrogen) atoms. The molecule has 1 amide bonds. The molecule has 0 aliphatic carbocycles. The maximum atomic E-state index is 12.8. The lowest BCUT2D eigenvalue weighted by Gasteiger charge is -2.27. The van der Waals surface area contributed by atoms with E-state index in [0.29, 0.717) is 18.5 Å².